The van der Waals surface area contributed by atoms with Crippen LogP contribution in [0.1, 0.15) is 32.1 Å². The second kappa shape index (κ2) is 7.35. The highest BCUT2D eigenvalue weighted by Crippen LogP contribution is 2.24. The first-order valence-corrected chi connectivity index (χ1v) is 10.1. The Morgan fingerprint density at radius 2 is 1.72 bits per heavy atom. The second-order valence-corrected chi connectivity index (χ2v) is 8.54. The van der Waals surface area contributed by atoms with Crippen molar-refractivity contribution in [2.24, 2.45) is 0 Å². The van der Waals surface area contributed by atoms with Crippen LogP contribution in [0, 0.1) is 0 Å². The minimum Gasteiger partial charge on any atom is -0.380 e. The van der Waals surface area contributed by atoms with E-state index in [1.54, 1.807) is 0 Å². The van der Waals surface area contributed by atoms with Crippen molar-refractivity contribution in [2.45, 2.75) is 43.0 Å². The topological polar surface area (TPSA) is 81.1 Å². The van der Waals surface area contributed by atoms with Gasteiger partial charge in [-0.05, 0) is 37.1 Å². The third-order valence-corrected chi connectivity index (χ3v) is 6.39. The maximum absolute atomic E-state index is 12.6. The molecule has 134 valence electrons. The van der Waals surface area contributed by atoms with Crippen LogP contribution in [-0.4, -0.2) is 23.6 Å². The van der Waals surface area contributed by atoms with Crippen LogP contribution in [0.25, 0.3) is 0 Å². The minimum absolute atomic E-state index is 0.0874. The first kappa shape index (κ1) is 18.2. The molecular formula is C16H17Cl2N3O3S. The largest absolute Gasteiger partial charge is 0.380 e. The van der Waals surface area contributed by atoms with E-state index in [9.17, 15) is 13.2 Å². The fourth-order valence-electron chi connectivity index (χ4n) is 2.86. The van der Waals surface area contributed by atoms with Gasteiger partial charge in [-0.25, -0.2) is 0 Å². The van der Waals surface area contributed by atoms with Gasteiger partial charge in [0, 0.05) is 11.1 Å². The van der Waals surface area contributed by atoms with E-state index < -0.39 is 15.6 Å². The lowest BCUT2D eigenvalue weighted by Gasteiger charge is -2.24. The number of rotatable bonds is 4. The van der Waals surface area contributed by atoms with Gasteiger partial charge in [-0.1, -0.05) is 42.5 Å². The molecule has 3 rings (SSSR count). The summed E-state index contributed by atoms with van der Waals surface area (Å²) in [6.45, 7) is 0. The summed E-state index contributed by atoms with van der Waals surface area (Å²) in [4.78, 5) is 12.4. The van der Waals surface area contributed by atoms with Gasteiger partial charge >= 0.3 is 5.56 Å². The van der Waals surface area contributed by atoms with Crippen LogP contribution in [-0.2, 0) is 10.0 Å². The molecule has 0 spiro atoms. The molecule has 2 aromatic rings. The van der Waals surface area contributed by atoms with E-state index in [0.717, 1.165) is 25.7 Å². The number of anilines is 1. The first-order chi connectivity index (χ1) is 11.9. The number of nitrogens with zero attached hydrogens (tertiary/aromatic N) is 2. The van der Waals surface area contributed by atoms with E-state index in [1.165, 1.54) is 36.9 Å². The number of benzene rings is 1. The summed E-state index contributed by atoms with van der Waals surface area (Å²) in [7, 11) is -4.14. The molecule has 1 heterocycles. The number of nitrogens with one attached hydrogen (secondary N) is 1. The normalized spacial score (nSPS) is 15.9. The third kappa shape index (κ3) is 3.83. The van der Waals surface area contributed by atoms with Gasteiger partial charge in [0.2, 0.25) is 0 Å². The molecule has 0 unspecified atom stereocenters. The molecule has 1 N–H and O–H groups in total. The predicted octanol–water partition coefficient (Wildman–Crippen LogP) is 3.53. The Morgan fingerprint density at radius 1 is 1.08 bits per heavy atom. The Hall–Kier alpha value is -1.57. The zero-order chi connectivity index (χ0) is 18.0. The monoisotopic (exact) mass is 401 g/mol. The van der Waals surface area contributed by atoms with Gasteiger partial charge in [0.25, 0.3) is 10.0 Å². The third-order valence-electron chi connectivity index (χ3n) is 4.19. The highest BCUT2D eigenvalue weighted by Gasteiger charge is 2.23. The maximum Gasteiger partial charge on any atom is 0.302 e. The highest BCUT2D eigenvalue weighted by atomic mass is 35.5. The van der Waals surface area contributed by atoms with E-state index in [4.69, 9.17) is 23.2 Å². The van der Waals surface area contributed by atoms with Gasteiger partial charge < -0.3 is 5.32 Å². The summed E-state index contributed by atoms with van der Waals surface area (Å²) in [5, 5.41) is 7.22. The molecule has 0 saturated heterocycles. The SMILES string of the molecule is O=c1c(Cl)c(NC2CCCCC2)cnn1S(=O)(=O)c1ccc(Cl)cc1. The van der Waals surface area contributed by atoms with Crippen molar-refractivity contribution in [1.29, 1.82) is 0 Å². The van der Waals surface area contributed by atoms with Gasteiger partial charge in [0.15, 0.2) is 0 Å². The van der Waals surface area contributed by atoms with Crippen molar-refractivity contribution in [3.63, 3.8) is 0 Å². The van der Waals surface area contributed by atoms with Crippen molar-refractivity contribution in [3.8, 4) is 0 Å². The Bertz CT molecular complexity index is 921. The van der Waals surface area contributed by atoms with E-state index in [2.05, 4.69) is 10.4 Å². The van der Waals surface area contributed by atoms with Crippen molar-refractivity contribution < 1.29 is 8.42 Å². The average Bonchev–Trinajstić information content (AvgIpc) is 2.60. The van der Waals surface area contributed by atoms with Crippen LogP contribution in [0.3, 0.4) is 0 Å². The summed E-state index contributed by atoms with van der Waals surface area (Å²) in [6, 6.07) is 5.71. The average molecular weight is 402 g/mol. The lowest BCUT2D eigenvalue weighted by molar-refractivity contribution is 0.462. The number of aromatic nitrogens is 2. The van der Waals surface area contributed by atoms with Crippen LogP contribution >= 0.6 is 23.2 Å². The smallest absolute Gasteiger partial charge is 0.302 e. The molecule has 0 amide bonds. The molecule has 1 aromatic heterocycles. The number of hydrogen-bond donors (Lipinski definition) is 1. The van der Waals surface area contributed by atoms with E-state index >= 15 is 0 Å². The Balaban J connectivity index is 1.94. The molecular weight excluding hydrogens is 385 g/mol. The van der Waals surface area contributed by atoms with Gasteiger partial charge in [-0.15, -0.1) is 4.09 Å². The minimum atomic E-state index is -4.14. The van der Waals surface area contributed by atoms with Gasteiger partial charge in [0.05, 0.1) is 16.8 Å². The van der Waals surface area contributed by atoms with Crippen molar-refractivity contribution >= 4 is 38.9 Å². The predicted molar refractivity (Wildman–Crippen MR) is 98.0 cm³/mol. The molecule has 1 aromatic carbocycles. The molecule has 0 radical (unpaired) electrons. The summed E-state index contributed by atoms with van der Waals surface area (Å²) in [5.74, 6) is 0. The summed E-state index contributed by atoms with van der Waals surface area (Å²) in [6.07, 6.45) is 6.69. The van der Waals surface area contributed by atoms with Crippen LogP contribution in [0.15, 0.2) is 40.2 Å². The molecule has 25 heavy (non-hydrogen) atoms. The number of hydrogen-bond acceptors (Lipinski definition) is 5. The van der Waals surface area contributed by atoms with Crippen molar-refractivity contribution in [1.82, 2.24) is 9.19 Å². The van der Waals surface area contributed by atoms with Crippen LogP contribution < -0.4 is 10.9 Å². The Labute approximate surface area is 155 Å². The van der Waals surface area contributed by atoms with Gasteiger partial charge in [-0.3, -0.25) is 4.79 Å². The molecule has 9 heteroatoms. The highest BCUT2D eigenvalue weighted by molar-refractivity contribution is 7.89. The Morgan fingerprint density at radius 3 is 2.36 bits per heavy atom. The first-order valence-electron chi connectivity index (χ1n) is 7.95. The molecule has 6 nitrogen and oxygen atoms in total. The van der Waals surface area contributed by atoms with Gasteiger partial charge in [0.1, 0.15) is 5.02 Å². The fraction of sp³-hybridized carbons (Fsp3) is 0.375. The molecule has 0 atom stereocenters. The summed E-state index contributed by atoms with van der Waals surface area (Å²) >= 11 is 11.9. The standard InChI is InChI=1S/C16H17Cl2N3O3S/c17-11-6-8-13(9-7-11)25(23,24)21-16(22)15(18)14(10-19-21)20-12-4-2-1-3-5-12/h6-10,12,20H,1-5H2. The zero-order valence-electron chi connectivity index (χ0n) is 13.3. The molecule has 0 bridgehead atoms. The molecule has 1 aliphatic rings. The molecule has 1 saturated carbocycles. The maximum atomic E-state index is 12.6. The number of halogens is 2. The van der Waals surface area contributed by atoms with Crippen LogP contribution in [0.4, 0.5) is 5.69 Å². The summed E-state index contributed by atoms with van der Waals surface area (Å²) < 4.78 is 25.6. The van der Waals surface area contributed by atoms with Crippen molar-refractivity contribution in [2.75, 3.05) is 5.32 Å². The quantitative estimate of drug-likeness (QED) is 0.846. The molecule has 1 fully saturated rings. The lowest BCUT2D eigenvalue weighted by Crippen LogP contribution is -2.32. The molecule has 1 aliphatic carbocycles. The lowest BCUT2D eigenvalue weighted by atomic mass is 9.95. The van der Waals surface area contributed by atoms with E-state index in [-0.39, 0.29) is 16.0 Å². The summed E-state index contributed by atoms with van der Waals surface area (Å²) in [5.41, 5.74) is -0.515. The van der Waals surface area contributed by atoms with E-state index in [0.29, 0.717) is 14.8 Å². The van der Waals surface area contributed by atoms with E-state index in [1.807, 2.05) is 0 Å². The fourth-order valence-corrected chi connectivity index (χ4v) is 4.38. The second-order valence-electron chi connectivity index (χ2n) is 5.96. The van der Waals surface area contributed by atoms with Gasteiger partial charge in [-0.2, -0.15) is 13.5 Å². The zero-order valence-corrected chi connectivity index (χ0v) is 15.6. The van der Waals surface area contributed by atoms with Crippen LogP contribution in [0.2, 0.25) is 10.0 Å². The van der Waals surface area contributed by atoms with Crippen LogP contribution in [0.5, 0.6) is 0 Å². The Kier molecular flexibility index (Phi) is 5.36. The van der Waals surface area contributed by atoms with Crippen molar-refractivity contribution in [3.05, 3.63) is 50.9 Å². The molecule has 0 aliphatic heterocycles.